The Morgan fingerprint density at radius 3 is 2.85 bits per heavy atom. The lowest BCUT2D eigenvalue weighted by atomic mass is 10.0. The predicted octanol–water partition coefficient (Wildman–Crippen LogP) is 2.82. The van der Waals surface area contributed by atoms with E-state index in [0.717, 1.165) is 13.0 Å². The van der Waals surface area contributed by atoms with Crippen LogP contribution in [0, 0.1) is 5.82 Å². The Bertz CT molecular complexity index is 456. The number of carbonyl (C=O) groups is 1. The van der Waals surface area contributed by atoms with Crippen LogP contribution >= 0.6 is 0 Å². The molecule has 1 amide bonds. The van der Waals surface area contributed by atoms with E-state index in [1.165, 1.54) is 25.0 Å². The highest BCUT2D eigenvalue weighted by molar-refractivity contribution is 5.94. The molecule has 0 bridgehead atoms. The molecule has 110 valence electrons. The van der Waals surface area contributed by atoms with Crippen molar-refractivity contribution in [2.45, 2.75) is 45.2 Å². The molecule has 1 saturated heterocycles. The summed E-state index contributed by atoms with van der Waals surface area (Å²) < 4.78 is 13.3. The SMILES string of the molecule is CC(C)N(CC1CCCCN1)C(=O)c1cccc(F)c1. The fourth-order valence-corrected chi connectivity index (χ4v) is 2.63. The van der Waals surface area contributed by atoms with Crippen molar-refractivity contribution < 1.29 is 9.18 Å². The summed E-state index contributed by atoms with van der Waals surface area (Å²) in [5, 5.41) is 3.45. The molecule has 1 aliphatic rings. The number of piperidine rings is 1. The molecule has 1 aromatic carbocycles. The first-order chi connectivity index (χ1) is 9.58. The van der Waals surface area contributed by atoms with Gasteiger partial charge in [0.15, 0.2) is 0 Å². The summed E-state index contributed by atoms with van der Waals surface area (Å²) in [5.74, 6) is -0.456. The van der Waals surface area contributed by atoms with Gasteiger partial charge >= 0.3 is 0 Å². The number of rotatable bonds is 4. The zero-order valence-electron chi connectivity index (χ0n) is 12.2. The monoisotopic (exact) mass is 278 g/mol. The van der Waals surface area contributed by atoms with E-state index in [4.69, 9.17) is 0 Å². The van der Waals surface area contributed by atoms with E-state index in [1.54, 1.807) is 12.1 Å². The van der Waals surface area contributed by atoms with E-state index < -0.39 is 0 Å². The van der Waals surface area contributed by atoms with Gasteiger partial charge in [-0.3, -0.25) is 4.79 Å². The molecule has 1 unspecified atom stereocenters. The summed E-state index contributed by atoms with van der Waals surface area (Å²) in [7, 11) is 0. The molecule has 0 spiro atoms. The van der Waals surface area contributed by atoms with Crippen LogP contribution in [0.2, 0.25) is 0 Å². The normalized spacial score (nSPS) is 19.1. The Morgan fingerprint density at radius 2 is 2.25 bits per heavy atom. The average Bonchev–Trinajstić information content (AvgIpc) is 2.45. The maximum atomic E-state index is 13.3. The summed E-state index contributed by atoms with van der Waals surface area (Å²) in [4.78, 5) is 14.4. The van der Waals surface area contributed by atoms with Gasteiger partial charge in [-0.15, -0.1) is 0 Å². The van der Waals surface area contributed by atoms with E-state index >= 15 is 0 Å². The Balaban J connectivity index is 2.09. The van der Waals surface area contributed by atoms with Crippen LogP contribution in [-0.2, 0) is 0 Å². The van der Waals surface area contributed by atoms with Crippen molar-refractivity contribution in [3.63, 3.8) is 0 Å². The summed E-state index contributed by atoms with van der Waals surface area (Å²) >= 11 is 0. The van der Waals surface area contributed by atoms with Crippen LogP contribution in [-0.4, -0.2) is 36.0 Å². The largest absolute Gasteiger partial charge is 0.335 e. The van der Waals surface area contributed by atoms with Crippen molar-refractivity contribution in [2.24, 2.45) is 0 Å². The lowest BCUT2D eigenvalue weighted by molar-refractivity contribution is 0.0676. The summed E-state index contributed by atoms with van der Waals surface area (Å²) in [6.45, 7) is 5.71. The van der Waals surface area contributed by atoms with Crippen molar-refractivity contribution in [1.82, 2.24) is 10.2 Å². The number of nitrogens with zero attached hydrogens (tertiary/aromatic N) is 1. The fraction of sp³-hybridized carbons (Fsp3) is 0.562. The van der Waals surface area contributed by atoms with Crippen molar-refractivity contribution in [3.8, 4) is 0 Å². The molecular formula is C16H23FN2O. The first-order valence-corrected chi connectivity index (χ1v) is 7.38. The van der Waals surface area contributed by atoms with E-state index in [9.17, 15) is 9.18 Å². The molecule has 0 aliphatic carbocycles. The van der Waals surface area contributed by atoms with Gasteiger partial charge in [-0.2, -0.15) is 0 Å². The van der Waals surface area contributed by atoms with Crippen LogP contribution in [0.5, 0.6) is 0 Å². The van der Waals surface area contributed by atoms with Gasteiger partial charge < -0.3 is 10.2 Å². The molecule has 1 heterocycles. The molecule has 0 saturated carbocycles. The molecule has 0 radical (unpaired) electrons. The first-order valence-electron chi connectivity index (χ1n) is 7.38. The van der Waals surface area contributed by atoms with Crippen molar-refractivity contribution in [1.29, 1.82) is 0 Å². The van der Waals surface area contributed by atoms with Crippen LogP contribution < -0.4 is 5.32 Å². The van der Waals surface area contributed by atoms with Crippen LogP contribution in [0.15, 0.2) is 24.3 Å². The van der Waals surface area contributed by atoms with Crippen LogP contribution in [0.4, 0.5) is 4.39 Å². The number of amides is 1. The van der Waals surface area contributed by atoms with Gasteiger partial charge in [-0.05, 0) is 51.4 Å². The Labute approximate surface area is 120 Å². The minimum Gasteiger partial charge on any atom is -0.335 e. The average molecular weight is 278 g/mol. The minimum absolute atomic E-state index is 0.0909. The molecule has 20 heavy (non-hydrogen) atoms. The van der Waals surface area contributed by atoms with Gasteiger partial charge in [0.1, 0.15) is 5.82 Å². The van der Waals surface area contributed by atoms with Gasteiger partial charge in [-0.25, -0.2) is 4.39 Å². The van der Waals surface area contributed by atoms with Gasteiger partial charge in [0.25, 0.3) is 5.91 Å². The lowest BCUT2D eigenvalue weighted by Gasteiger charge is -2.33. The molecule has 4 heteroatoms. The third-order valence-electron chi connectivity index (χ3n) is 3.79. The molecule has 1 aliphatic heterocycles. The second kappa shape index (κ2) is 6.84. The molecule has 3 nitrogen and oxygen atoms in total. The third kappa shape index (κ3) is 3.79. The van der Waals surface area contributed by atoms with E-state index in [-0.39, 0.29) is 17.8 Å². The second-order valence-electron chi connectivity index (χ2n) is 5.71. The first kappa shape index (κ1) is 15.0. The number of hydrogen-bond donors (Lipinski definition) is 1. The molecular weight excluding hydrogens is 255 g/mol. The van der Waals surface area contributed by atoms with Gasteiger partial charge in [0.2, 0.25) is 0 Å². The highest BCUT2D eigenvalue weighted by atomic mass is 19.1. The molecule has 1 aromatic rings. The minimum atomic E-state index is -0.365. The second-order valence-corrected chi connectivity index (χ2v) is 5.71. The number of carbonyl (C=O) groups excluding carboxylic acids is 1. The molecule has 2 rings (SSSR count). The summed E-state index contributed by atoms with van der Waals surface area (Å²) in [5.41, 5.74) is 0.425. The quantitative estimate of drug-likeness (QED) is 0.918. The van der Waals surface area contributed by atoms with Gasteiger partial charge in [0.05, 0.1) is 0 Å². The Kier molecular flexibility index (Phi) is 5.12. The van der Waals surface area contributed by atoms with Crippen LogP contribution in [0.25, 0.3) is 0 Å². The Morgan fingerprint density at radius 1 is 1.45 bits per heavy atom. The lowest BCUT2D eigenvalue weighted by Crippen LogP contribution is -2.48. The van der Waals surface area contributed by atoms with Crippen molar-refractivity contribution in [2.75, 3.05) is 13.1 Å². The van der Waals surface area contributed by atoms with Crippen LogP contribution in [0.1, 0.15) is 43.5 Å². The highest BCUT2D eigenvalue weighted by Crippen LogP contribution is 2.14. The summed E-state index contributed by atoms with van der Waals surface area (Å²) in [6.07, 6.45) is 3.51. The number of nitrogens with one attached hydrogen (secondary N) is 1. The zero-order valence-corrected chi connectivity index (χ0v) is 12.2. The number of benzene rings is 1. The predicted molar refractivity (Wildman–Crippen MR) is 78.2 cm³/mol. The maximum absolute atomic E-state index is 13.3. The van der Waals surface area contributed by atoms with E-state index in [2.05, 4.69) is 5.32 Å². The van der Waals surface area contributed by atoms with Crippen LogP contribution in [0.3, 0.4) is 0 Å². The maximum Gasteiger partial charge on any atom is 0.254 e. The highest BCUT2D eigenvalue weighted by Gasteiger charge is 2.23. The van der Waals surface area contributed by atoms with Crippen molar-refractivity contribution in [3.05, 3.63) is 35.6 Å². The topological polar surface area (TPSA) is 32.3 Å². The molecule has 0 aromatic heterocycles. The number of halogens is 1. The zero-order chi connectivity index (χ0) is 14.5. The summed E-state index contributed by atoms with van der Waals surface area (Å²) in [6, 6.07) is 6.39. The standard InChI is InChI=1S/C16H23FN2O/c1-12(2)19(11-15-8-3-4-9-18-15)16(20)13-6-5-7-14(17)10-13/h5-7,10,12,15,18H,3-4,8-9,11H2,1-2H3. The van der Waals surface area contributed by atoms with Gasteiger partial charge in [-0.1, -0.05) is 12.5 Å². The van der Waals surface area contributed by atoms with E-state index in [0.29, 0.717) is 18.2 Å². The van der Waals surface area contributed by atoms with Crippen molar-refractivity contribution >= 4 is 5.91 Å². The fourth-order valence-electron chi connectivity index (χ4n) is 2.63. The Hall–Kier alpha value is -1.42. The third-order valence-corrected chi connectivity index (χ3v) is 3.79. The molecule has 1 atom stereocenters. The van der Waals surface area contributed by atoms with Gasteiger partial charge in [0, 0.05) is 24.2 Å². The molecule has 1 N–H and O–H groups in total. The smallest absolute Gasteiger partial charge is 0.254 e. The molecule has 1 fully saturated rings. The van der Waals surface area contributed by atoms with E-state index in [1.807, 2.05) is 18.7 Å². The number of hydrogen-bond acceptors (Lipinski definition) is 2.